The maximum atomic E-state index is 13.1. The minimum atomic E-state index is -0.348. The van der Waals surface area contributed by atoms with E-state index < -0.39 is 0 Å². The van der Waals surface area contributed by atoms with E-state index in [9.17, 15) is 9.59 Å². The van der Waals surface area contributed by atoms with Crippen molar-refractivity contribution in [2.75, 3.05) is 0 Å². The summed E-state index contributed by atoms with van der Waals surface area (Å²) in [7, 11) is 0. The van der Waals surface area contributed by atoms with Crippen molar-refractivity contribution in [1.82, 2.24) is 4.57 Å². The maximum Gasteiger partial charge on any atom is 0.344 e. The first kappa shape index (κ1) is 27.4. The monoisotopic (exact) mass is 631 g/mol. The zero-order valence-electron chi connectivity index (χ0n) is 26.0. The Bertz CT molecular complexity index is 2900. The molecule has 3 heterocycles. The third kappa shape index (κ3) is 4.19. The van der Waals surface area contributed by atoms with Gasteiger partial charge in [-0.1, -0.05) is 91.0 Å². The summed E-state index contributed by atoms with van der Waals surface area (Å²) in [5, 5.41) is 6.84. The molecule has 230 valence electrons. The number of rotatable bonds is 3. The highest BCUT2D eigenvalue weighted by atomic mass is 16.4. The van der Waals surface area contributed by atoms with E-state index in [2.05, 4.69) is 65.2 Å². The molecule has 49 heavy (non-hydrogen) atoms. The summed E-state index contributed by atoms with van der Waals surface area (Å²) in [6, 6.07) is 50.5. The Hall–Kier alpha value is -6.72. The number of para-hydroxylation sites is 3. The van der Waals surface area contributed by atoms with E-state index >= 15 is 0 Å². The third-order valence-electron chi connectivity index (χ3n) is 9.68. The van der Waals surface area contributed by atoms with Gasteiger partial charge in [0.2, 0.25) is 0 Å². The number of fused-ring (bicyclic) bond motifs is 9. The van der Waals surface area contributed by atoms with Crippen molar-refractivity contribution < 1.29 is 8.83 Å². The first-order valence-electron chi connectivity index (χ1n) is 16.2. The molecule has 0 fully saturated rings. The summed E-state index contributed by atoms with van der Waals surface area (Å²) < 4.78 is 13.6. The fraction of sp³-hybridized carbons (Fsp3) is 0. The topological polar surface area (TPSA) is 65.3 Å². The van der Waals surface area contributed by atoms with Gasteiger partial charge in [-0.05, 0) is 93.7 Å². The van der Waals surface area contributed by atoms with E-state index in [1.165, 1.54) is 0 Å². The predicted octanol–water partition coefficient (Wildman–Crippen LogP) is 10.6. The highest BCUT2D eigenvalue weighted by molar-refractivity contribution is 6.13. The standard InChI is InChI=1S/C44H25NO4/c46-43-37-24-26(14-18-31(37)33-10-4-6-12-41(33)48-43)28-16-20-39-35(22-28)36-23-29(17-21-40(36)45(39)30-8-2-1-3-9-30)27-15-19-32-34-11-5-7-13-42(34)49-44(47)38(32)25-27/h1-25H. The summed E-state index contributed by atoms with van der Waals surface area (Å²) in [6.45, 7) is 0. The van der Waals surface area contributed by atoms with Crippen LogP contribution in [0.1, 0.15) is 0 Å². The molecule has 5 nitrogen and oxygen atoms in total. The quantitative estimate of drug-likeness (QED) is 0.144. The average molecular weight is 632 g/mol. The van der Waals surface area contributed by atoms with Crippen LogP contribution in [-0.2, 0) is 0 Å². The fourth-order valence-electron chi connectivity index (χ4n) is 7.36. The first-order valence-corrected chi connectivity index (χ1v) is 16.2. The third-order valence-corrected chi connectivity index (χ3v) is 9.68. The predicted molar refractivity (Wildman–Crippen MR) is 199 cm³/mol. The molecule has 0 aliphatic carbocycles. The van der Waals surface area contributed by atoms with Crippen LogP contribution in [0.5, 0.6) is 0 Å². The van der Waals surface area contributed by atoms with Gasteiger partial charge in [-0.2, -0.15) is 0 Å². The summed E-state index contributed by atoms with van der Waals surface area (Å²) in [4.78, 5) is 26.1. The molecule has 0 unspecified atom stereocenters. The number of hydrogen-bond donors (Lipinski definition) is 0. The van der Waals surface area contributed by atoms with Gasteiger partial charge in [-0.25, -0.2) is 9.59 Å². The molecule has 10 aromatic rings. The van der Waals surface area contributed by atoms with E-state index in [-0.39, 0.29) is 11.3 Å². The Morgan fingerprint density at radius 2 is 0.755 bits per heavy atom. The van der Waals surface area contributed by atoms with Gasteiger partial charge in [0.15, 0.2) is 0 Å². The highest BCUT2D eigenvalue weighted by Crippen LogP contribution is 2.38. The van der Waals surface area contributed by atoms with Crippen LogP contribution in [0.25, 0.3) is 93.2 Å². The molecule has 0 N–H and O–H groups in total. The van der Waals surface area contributed by atoms with Gasteiger partial charge >= 0.3 is 11.3 Å². The summed E-state index contributed by atoms with van der Waals surface area (Å²) in [6.07, 6.45) is 0. The molecule has 0 aliphatic heterocycles. The first-order chi connectivity index (χ1) is 24.1. The van der Waals surface area contributed by atoms with Crippen molar-refractivity contribution in [3.8, 4) is 27.9 Å². The number of hydrogen-bond acceptors (Lipinski definition) is 4. The molecule has 0 radical (unpaired) electrons. The second-order valence-corrected chi connectivity index (χ2v) is 12.4. The average Bonchev–Trinajstić information content (AvgIpc) is 3.48. The second-order valence-electron chi connectivity index (χ2n) is 12.4. The molecule has 0 amide bonds. The van der Waals surface area contributed by atoms with Crippen molar-refractivity contribution in [3.05, 3.63) is 172 Å². The van der Waals surface area contributed by atoms with Crippen LogP contribution < -0.4 is 11.3 Å². The van der Waals surface area contributed by atoms with Crippen LogP contribution in [0.3, 0.4) is 0 Å². The zero-order valence-corrected chi connectivity index (χ0v) is 26.0. The van der Waals surface area contributed by atoms with E-state index in [1.807, 2.05) is 91.0 Å². The van der Waals surface area contributed by atoms with E-state index in [1.54, 1.807) is 0 Å². The van der Waals surface area contributed by atoms with Gasteiger partial charge in [0, 0.05) is 27.2 Å². The van der Waals surface area contributed by atoms with Crippen molar-refractivity contribution in [1.29, 1.82) is 0 Å². The number of aromatic nitrogens is 1. The van der Waals surface area contributed by atoms with Crippen LogP contribution in [0.15, 0.2) is 170 Å². The van der Waals surface area contributed by atoms with Crippen LogP contribution in [0, 0.1) is 0 Å². The zero-order chi connectivity index (χ0) is 32.6. The van der Waals surface area contributed by atoms with Crippen LogP contribution in [0.4, 0.5) is 0 Å². The molecule has 0 aliphatic rings. The molecular weight excluding hydrogens is 606 g/mol. The van der Waals surface area contributed by atoms with Crippen molar-refractivity contribution in [2.45, 2.75) is 0 Å². The molecule has 0 saturated carbocycles. The summed E-state index contributed by atoms with van der Waals surface area (Å²) in [5.41, 5.74) is 7.53. The smallest absolute Gasteiger partial charge is 0.344 e. The van der Waals surface area contributed by atoms with E-state index in [0.29, 0.717) is 21.9 Å². The summed E-state index contributed by atoms with van der Waals surface area (Å²) >= 11 is 0. The Kier molecular flexibility index (Phi) is 5.81. The SMILES string of the molecule is O=c1oc2ccccc2c2ccc(-c3ccc4c(c3)c3cc(-c5ccc6c(c5)c(=O)oc5ccccc56)ccc3n4-c3ccccc3)cc12. The lowest BCUT2D eigenvalue weighted by Gasteiger charge is -2.09. The maximum absolute atomic E-state index is 13.1. The molecular formula is C44H25NO4. The van der Waals surface area contributed by atoms with Crippen LogP contribution in [-0.4, -0.2) is 4.57 Å². The molecule has 0 atom stereocenters. The minimum absolute atomic E-state index is 0.348. The molecule has 7 aromatic carbocycles. The largest absolute Gasteiger partial charge is 0.422 e. The molecule has 5 heteroatoms. The van der Waals surface area contributed by atoms with E-state index in [4.69, 9.17) is 8.83 Å². The number of nitrogens with zero attached hydrogens (tertiary/aromatic N) is 1. The van der Waals surface area contributed by atoms with Crippen molar-refractivity contribution in [2.24, 2.45) is 0 Å². The van der Waals surface area contributed by atoms with Crippen LogP contribution in [0.2, 0.25) is 0 Å². The molecule has 0 saturated heterocycles. The van der Waals surface area contributed by atoms with Gasteiger partial charge in [0.25, 0.3) is 0 Å². The Labute approximate surface area is 278 Å². The van der Waals surface area contributed by atoms with Gasteiger partial charge in [0.1, 0.15) is 11.2 Å². The lowest BCUT2D eigenvalue weighted by Crippen LogP contribution is -2.00. The molecule has 3 aromatic heterocycles. The lowest BCUT2D eigenvalue weighted by atomic mass is 9.97. The fourth-order valence-corrected chi connectivity index (χ4v) is 7.36. The lowest BCUT2D eigenvalue weighted by molar-refractivity contribution is 0.569. The second kappa shape index (κ2) is 10.4. The molecule has 0 bridgehead atoms. The molecule has 0 spiro atoms. The Morgan fingerprint density at radius 1 is 0.347 bits per heavy atom. The van der Waals surface area contributed by atoms with Gasteiger partial charge in [0.05, 0.1) is 21.8 Å². The van der Waals surface area contributed by atoms with Crippen molar-refractivity contribution >= 4 is 65.3 Å². The summed E-state index contributed by atoms with van der Waals surface area (Å²) in [5.74, 6) is 0. The Morgan fingerprint density at radius 3 is 1.24 bits per heavy atom. The van der Waals surface area contributed by atoms with Gasteiger partial charge in [-0.15, -0.1) is 0 Å². The minimum Gasteiger partial charge on any atom is -0.422 e. The van der Waals surface area contributed by atoms with Crippen LogP contribution >= 0.6 is 0 Å². The van der Waals surface area contributed by atoms with Gasteiger partial charge < -0.3 is 13.4 Å². The number of benzene rings is 7. The van der Waals surface area contributed by atoms with Gasteiger partial charge in [-0.3, -0.25) is 0 Å². The normalized spacial score (nSPS) is 11.8. The molecule has 10 rings (SSSR count). The highest BCUT2D eigenvalue weighted by Gasteiger charge is 2.16. The van der Waals surface area contributed by atoms with Crippen molar-refractivity contribution in [3.63, 3.8) is 0 Å². The van der Waals surface area contributed by atoms with E-state index in [0.717, 1.165) is 71.3 Å². The Balaban J connectivity index is 1.19.